The number of aliphatic hydroxyl groups excluding tert-OH is 1. The van der Waals surface area contributed by atoms with Gasteiger partial charge in [-0.05, 0) is 52.2 Å². The number of aliphatic hydroxyl groups is 2. The smallest absolute Gasteiger partial charge is 0.410 e. The number of carbonyl (C=O) groups is 1. The fourth-order valence-electron chi connectivity index (χ4n) is 3.41. The number of piperidine rings is 1. The highest BCUT2D eigenvalue weighted by atomic mass is 32.2. The van der Waals surface area contributed by atoms with Crippen molar-refractivity contribution in [1.82, 2.24) is 4.90 Å². The molecule has 2 aliphatic rings. The van der Waals surface area contributed by atoms with Gasteiger partial charge in [-0.2, -0.15) is 11.8 Å². The van der Waals surface area contributed by atoms with Crippen molar-refractivity contribution in [2.45, 2.75) is 57.7 Å². The summed E-state index contributed by atoms with van der Waals surface area (Å²) in [4.78, 5) is 13.8. The van der Waals surface area contributed by atoms with Gasteiger partial charge in [0.25, 0.3) is 0 Å². The molecule has 1 unspecified atom stereocenters. The number of thioether (sulfide) groups is 1. The SMILES string of the molecule is CC(C)(C)OC(=O)N1CCC(O)(C2(CO)CCCSC2)CC1. The van der Waals surface area contributed by atoms with Gasteiger partial charge in [-0.3, -0.25) is 0 Å². The third-order valence-corrected chi connectivity index (χ3v) is 6.19. The summed E-state index contributed by atoms with van der Waals surface area (Å²) in [7, 11) is 0. The molecule has 0 aromatic heterocycles. The normalized spacial score (nSPS) is 29.2. The topological polar surface area (TPSA) is 70.0 Å². The summed E-state index contributed by atoms with van der Waals surface area (Å²) in [6, 6.07) is 0. The number of carbonyl (C=O) groups excluding carboxylic acids is 1. The molecule has 0 spiro atoms. The van der Waals surface area contributed by atoms with Crippen LogP contribution in [-0.2, 0) is 4.74 Å². The average Bonchev–Trinajstić information content (AvgIpc) is 2.46. The summed E-state index contributed by atoms with van der Waals surface area (Å²) in [5, 5.41) is 21.0. The van der Waals surface area contributed by atoms with E-state index in [4.69, 9.17) is 4.74 Å². The second kappa shape index (κ2) is 6.57. The Bertz CT molecular complexity index is 393. The van der Waals surface area contributed by atoms with Gasteiger partial charge in [0.2, 0.25) is 0 Å². The van der Waals surface area contributed by atoms with E-state index in [1.807, 2.05) is 32.5 Å². The van der Waals surface area contributed by atoms with Crippen molar-refractivity contribution in [1.29, 1.82) is 0 Å². The Morgan fingerprint density at radius 1 is 1.27 bits per heavy atom. The number of hydrogen-bond acceptors (Lipinski definition) is 5. The number of nitrogens with zero attached hydrogens (tertiary/aromatic N) is 1. The van der Waals surface area contributed by atoms with Gasteiger partial charge in [0.05, 0.1) is 12.2 Å². The predicted molar refractivity (Wildman–Crippen MR) is 88.1 cm³/mol. The Morgan fingerprint density at radius 2 is 1.91 bits per heavy atom. The Balaban J connectivity index is 1.99. The Labute approximate surface area is 137 Å². The van der Waals surface area contributed by atoms with Crippen LogP contribution in [0.15, 0.2) is 0 Å². The van der Waals surface area contributed by atoms with E-state index in [0.717, 1.165) is 24.3 Å². The van der Waals surface area contributed by atoms with E-state index in [9.17, 15) is 15.0 Å². The van der Waals surface area contributed by atoms with E-state index in [-0.39, 0.29) is 12.7 Å². The molecule has 22 heavy (non-hydrogen) atoms. The van der Waals surface area contributed by atoms with E-state index in [0.29, 0.717) is 25.9 Å². The molecule has 1 atom stereocenters. The van der Waals surface area contributed by atoms with Crippen LogP contribution < -0.4 is 0 Å². The highest BCUT2D eigenvalue weighted by molar-refractivity contribution is 7.99. The van der Waals surface area contributed by atoms with Crippen LogP contribution in [-0.4, -0.2) is 63.6 Å². The fourth-order valence-corrected chi connectivity index (χ4v) is 4.80. The minimum atomic E-state index is -0.881. The number of amides is 1. The van der Waals surface area contributed by atoms with Crippen molar-refractivity contribution in [3.8, 4) is 0 Å². The molecule has 1 amide bonds. The van der Waals surface area contributed by atoms with Crippen LogP contribution >= 0.6 is 11.8 Å². The molecule has 2 saturated heterocycles. The molecule has 6 heteroatoms. The summed E-state index contributed by atoms with van der Waals surface area (Å²) >= 11 is 1.81. The minimum Gasteiger partial charge on any atom is -0.444 e. The maximum atomic E-state index is 12.1. The Kier molecular flexibility index (Phi) is 5.34. The first kappa shape index (κ1) is 17.9. The van der Waals surface area contributed by atoms with Crippen LogP contribution in [0.2, 0.25) is 0 Å². The van der Waals surface area contributed by atoms with Crippen LogP contribution in [0, 0.1) is 5.41 Å². The van der Waals surface area contributed by atoms with Crippen molar-refractivity contribution in [2.75, 3.05) is 31.2 Å². The maximum Gasteiger partial charge on any atom is 0.410 e. The summed E-state index contributed by atoms with van der Waals surface area (Å²) in [5.41, 5.74) is -1.80. The zero-order valence-electron chi connectivity index (χ0n) is 13.9. The standard InChI is InChI=1S/C16H29NO4S/c1-14(2,3)21-13(19)17-8-6-16(20,7-9-17)15(11-18)5-4-10-22-12-15/h18,20H,4-12H2,1-3H3. The largest absolute Gasteiger partial charge is 0.444 e. The molecule has 2 fully saturated rings. The molecular weight excluding hydrogens is 302 g/mol. The first-order chi connectivity index (χ1) is 10.2. The van der Waals surface area contributed by atoms with Crippen molar-refractivity contribution in [2.24, 2.45) is 5.41 Å². The lowest BCUT2D eigenvalue weighted by Gasteiger charge is -2.51. The van der Waals surface area contributed by atoms with E-state index in [1.54, 1.807) is 4.90 Å². The first-order valence-electron chi connectivity index (χ1n) is 8.10. The fraction of sp³-hybridized carbons (Fsp3) is 0.938. The third-order valence-electron chi connectivity index (χ3n) is 4.85. The summed E-state index contributed by atoms with van der Waals surface area (Å²) in [5.74, 6) is 1.90. The molecule has 5 nitrogen and oxygen atoms in total. The predicted octanol–water partition coefficient (Wildman–Crippen LogP) is 2.25. The quantitative estimate of drug-likeness (QED) is 0.812. The molecule has 2 heterocycles. The highest BCUT2D eigenvalue weighted by Gasteiger charge is 2.52. The van der Waals surface area contributed by atoms with E-state index in [2.05, 4.69) is 0 Å². The van der Waals surface area contributed by atoms with Crippen molar-refractivity contribution in [3.05, 3.63) is 0 Å². The molecule has 0 bridgehead atoms. The second-order valence-electron chi connectivity index (χ2n) is 7.59. The van der Waals surface area contributed by atoms with Crippen LogP contribution in [0.3, 0.4) is 0 Å². The number of likely N-dealkylation sites (tertiary alicyclic amines) is 1. The first-order valence-corrected chi connectivity index (χ1v) is 9.26. The molecule has 0 aromatic rings. The zero-order valence-corrected chi connectivity index (χ0v) is 14.7. The zero-order chi connectivity index (χ0) is 16.4. The molecule has 2 N–H and O–H groups in total. The number of rotatable bonds is 2. The van der Waals surface area contributed by atoms with Gasteiger partial charge in [-0.15, -0.1) is 0 Å². The molecule has 2 aliphatic heterocycles. The van der Waals surface area contributed by atoms with E-state index < -0.39 is 16.6 Å². The molecular formula is C16H29NO4S. The molecule has 0 radical (unpaired) electrons. The minimum absolute atomic E-state index is 0.0168. The lowest BCUT2D eigenvalue weighted by Crippen LogP contribution is -2.59. The van der Waals surface area contributed by atoms with Crippen molar-refractivity contribution in [3.63, 3.8) is 0 Å². The lowest BCUT2D eigenvalue weighted by molar-refractivity contribution is -0.133. The monoisotopic (exact) mass is 331 g/mol. The highest BCUT2D eigenvalue weighted by Crippen LogP contribution is 2.47. The van der Waals surface area contributed by atoms with Gasteiger partial charge >= 0.3 is 6.09 Å². The van der Waals surface area contributed by atoms with Gasteiger partial charge in [-0.25, -0.2) is 4.79 Å². The van der Waals surface area contributed by atoms with E-state index >= 15 is 0 Å². The third kappa shape index (κ3) is 3.71. The van der Waals surface area contributed by atoms with Gasteiger partial charge in [0.15, 0.2) is 0 Å². The van der Waals surface area contributed by atoms with Gasteiger partial charge in [-0.1, -0.05) is 0 Å². The molecule has 0 aromatic carbocycles. The molecule has 128 valence electrons. The summed E-state index contributed by atoms with van der Waals surface area (Å²) in [6.45, 7) is 6.54. The molecule has 2 rings (SSSR count). The van der Waals surface area contributed by atoms with E-state index in [1.165, 1.54) is 0 Å². The van der Waals surface area contributed by atoms with Crippen LogP contribution in [0.1, 0.15) is 46.5 Å². The second-order valence-corrected chi connectivity index (χ2v) is 8.70. The lowest BCUT2D eigenvalue weighted by atomic mass is 9.66. The molecule has 0 aliphatic carbocycles. The molecule has 0 saturated carbocycles. The Morgan fingerprint density at radius 3 is 2.36 bits per heavy atom. The van der Waals surface area contributed by atoms with Gasteiger partial charge < -0.3 is 19.8 Å². The van der Waals surface area contributed by atoms with Gasteiger partial charge in [0.1, 0.15) is 5.60 Å². The average molecular weight is 331 g/mol. The van der Waals surface area contributed by atoms with Crippen molar-refractivity contribution < 1.29 is 19.7 Å². The maximum absolute atomic E-state index is 12.1. The Hall–Kier alpha value is -0.460. The summed E-state index contributed by atoms with van der Waals surface area (Å²) in [6.07, 6.45) is 2.59. The van der Waals surface area contributed by atoms with Crippen LogP contribution in [0.25, 0.3) is 0 Å². The van der Waals surface area contributed by atoms with Crippen LogP contribution in [0.5, 0.6) is 0 Å². The summed E-state index contributed by atoms with van der Waals surface area (Å²) < 4.78 is 5.39. The van der Waals surface area contributed by atoms with Crippen molar-refractivity contribution >= 4 is 17.9 Å². The number of ether oxygens (including phenoxy) is 1. The van der Waals surface area contributed by atoms with Crippen LogP contribution in [0.4, 0.5) is 4.79 Å². The number of hydrogen-bond donors (Lipinski definition) is 2. The van der Waals surface area contributed by atoms with Gasteiger partial charge in [0, 0.05) is 24.3 Å².